The SMILES string of the molecule is CN[C@@H](c1ccccc1)c1ccc(C)cc1. The zero-order valence-electron chi connectivity index (χ0n) is 9.77. The predicted molar refractivity (Wildman–Crippen MR) is 68.5 cm³/mol. The Bertz CT molecular complexity index is 431. The number of nitrogens with one attached hydrogen (secondary N) is 1. The van der Waals surface area contributed by atoms with Gasteiger partial charge in [0.15, 0.2) is 0 Å². The van der Waals surface area contributed by atoms with E-state index in [0.717, 1.165) is 0 Å². The molecule has 0 aliphatic heterocycles. The van der Waals surface area contributed by atoms with Crippen molar-refractivity contribution in [2.45, 2.75) is 13.0 Å². The first-order valence-electron chi connectivity index (χ1n) is 5.60. The number of hydrogen-bond acceptors (Lipinski definition) is 1. The molecule has 0 spiro atoms. The topological polar surface area (TPSA) is 12.0 Å². The molecule has 2 rings (SSSR count). The molecule has 0 amide bonds. The first-order chi connectivity index (χ1) is 7.81. The molecule has 1 heteroatoms. The molecule has 0 aliphatic rings. The van der Waals surface area contributed by atoms with Gasteiger partial charge in [-0.25, -0.2) is 0 Å². The lowest BCUT2D eigenvalue weighted by Gasteiger charge is -2.17. The van der Waals surface area contributed by atoms with Crippen LogP contribution >= 0.6 is 0 Å². The highest BCUT2D eigenvalue weighted by molar-refractivity contribution is 5.33. The van der Waals surface area contributed by atoms with E-state index in [4.69, 9.17) is 0 Å². The molecule has 1 atom stereocenters. The Morgan fingerprint density at radius 2 is 1.38 bits per heavy atom. The van der Waals surface area contributed by atoms with Crippen molar-refractivity contribution < 1.29 is 0 Å². The molecule has 0 heterocycles. The fraction of sp³-hybridized carbons (Fsp3) is 0.200. The van der Waals surface area contributed by atoms with Gasteiger partial charge in [0.2, 0.25) is 0 Å². The van der Waals surface area contributed by atoms with E-state index in [1.807, 2.05) is 13.1 Å². The van der Waals surface area contributed by atoms with Crippen molar-refractivity contribution >= 4 is 0 Å². The Kier molecular flexibility index (Phi) is 3.37. The zero-order chi connectivity index (χ0) is 11.4. The van der Waals surface area contributed by atoms with Crippen molar-refractivity contribution in [3.63, 3.8) is 0 Å². The van der Waals surface area contributed by atoms with Crippen LogP contribution in [0.3, 0.4) is 0 Å². The molecule has 0 aromatic heterocycles. The van der Waals surface area contributed by atoms with E-state index in [0.29, 0.717) is 0 Å². The van der Waals surface area contributed by atoms with Crippen LogP contribution in [0.1, 0.15) is 22.7 Å². The van der Waals surface area contributed by atoms with Crippen LogP contribution in [-0.4, -0.2) is 7.05 Å². The number of benzene rings is 2. The second-order valence-electron chi connectivity index (χ2n) is 4.04. The van der Waals surface area contributed by atoms with Crippen LogP contribution in [-0.2, 0) is 0 Å². The van der Waals surface area contributed by atoms with E-state index in [1.54, 1.807) is 0 Å². The molecule has 2 aromatic rings. The monoisotopic (exact) mass is 211 g/mol. The van der Waals surface area contributed by atoms with Crippen LogP contribution in [0.2, 0.25) is 0 Å². The minimum Gasteiger partial charge on any atom is -0.309 e. The van der Waals surface area contributed by atoms with E-state index in [-0.39, 0.29) is 6.04 Å². The van der Waals surface area contributed by atoms with Gasteiger partial charge in [0.1, 0.15) is 0 Å². The van der Waals surface area contributed by atoms with Gasteiger partial charge in [0, 0.05) is 0 Å². The standard InChI is InChI=1S/C15H17N/c1-12-8-10-14(11-9-12)15(16-2)13-6-4-3-5-7-13/h3-11,15-16H,1-2H3/t15-/m0/s1. The highest BCUT2D eigenvalue weighted by Crippen LogP contribution is 2.21. The number of hydrogen-bond donors (Lipinski definition) is 1. The van der Waals surface area contributed by atoms with E-state index < -0.39 is 0 Å². The van der Waals surface area contributed by atoms with Crippen molar-refractivity contribution in [3.8, 4) is 0 Å². The van der Waals surface area contributed by atoms with Gasteiger partial charge in [-0.15, -0.1) is 0 Å². The van der Waals surface area contributed by atoms with Crippen molar-refractivity contribution in [3.05, 3.63) is 71.3 Å². The maximum Gasteiger partial charge on any atom is 0.0574 e. The molecule has 0 unspecified atom stereocenters. The van der Waals surface area contributed by atoms with Crippen LogP contribution < -0.4 is 5.32 Å². The Morgan fingerprint density at radius 3 is 1.94 bits per heavy atom. The van der Waals surface area contributed by atoms with Crippen LogP contribution in [0.4, 0.5) is 0 Å². The fourth-order valence-electron chi connectivity index (χ4n) is 1.93. The smallest absolute Gasteiger partial charge is 0.0574 e. The Labute approximate surface area is 97.1 Å². The third-order valence-corrected chi connectivity index (χ3v) is 2.83. The van der Waals surface area contributed by atoms with E-state index in [9.17, 15) is 0 Å². The highest BCUT2D eigenvalue weighted by Gasteiger charge is 2.10. The third kappa shape index (κ3) is 2.31. The van der Waals surface area contributed by atoms with Gasteiger partial charge in [-0.1, -0.05) is 60.2 Å². The first-order valence-corrected chi connectivity index (χ1v) is 5.60. The highest BCUT2D eigenvalue weighted by atomic mass is 14.9. The van der Waals surface area contributed by atoms with Gasteiger partial charge in [0.05, 0.1) is 6.04 Å². The summed E-state index contributed by atoms with van der Waals surface area (Å²) in [7, 11) is 2.00. The summed E-state index contributed by atoms with van der Waals surface area (Å²) in [6.45, 7) is 2.11. The average molecular weight is 211 g/mol. The molecular formula is C15H17N. The van der Waals surface area contributed by atoms with Gasteiger partial charge in [0.25, 0.3) is 0 Å². The van der Waals surface area contributed by atoms with E-state index >= 15 is 0 Å². The third-order valence-electron chi connectivity index (χ3n) is 2.83. The summed E-state index contributed by atoms with van der Waals surface area (Å²) in [4.78, 5) is 0. The maximum absolute atomic E-state index is 3.35. The van der Waals surface area contributed by atoms with Gasteiger partial charge < -0.3 is 5.32 Å². The second-order valence-corrected chi connectivity index (χ2v) is 4.04. The molecule has 0 bridgehead atoms. The summed E-state index contributed by atoms with van der Waals surface area (Å²) in [6, 6.07) is 19.5. The summed E-state index contributed by atoms with van der Waals surface area (Å²) < 4.78 is 0. The Balaban J connectivity index is 2.33. The summed E-state index contributed by atoms with van der Waals surface area (Å²) in [5.74, 6) is 0. The quantitative estimate of drug-likeness (QED) is 0.821. The van der Waals surface area contributed by atoms with E-state index in [1.165, 1.54) is 16.7 Å². The molecule has 2 aromatic carbocycles. The second kappa shape index (κ2) is 4.95. The van der Waals surface area contributed by atoms with Gasteiger partial charge in [-0.05, 0) is 25.1 Å². The van der Waals surface area contributed by atoms with Crippen LogP contribution in [0.15, 0.2) is 54.6 Å². The summed E-state index contributed by atoms with van der Waals surface area (Å²) in [5.41, 5.74) is 3.90. The lowest BCUT2D eigenvalue weighted by atomic mass is 9.98. The molecule has 1 N–H and O–H groups in total. The fourth-order valence-corrected chi connectivity index (χ4v) is 1.93. The van der Waals surface area contributed by atoms with Gasteiger partial charge in [-0.2, -0.15) is 0 Å². The van der Waals surface area contributed by atoms with Gasteiger partial charge in [-0.3, -0.25) is 0 Å². The molecule has 16 heavy (non-hydrogen) atoms. The number of aryl methyl sites for hydroxylation is 1. The van der Waals surface area contributed by atoms with E-state index in [2.05, 4.69) is 60.8 Å². The summed E-state index contributed by atoms with van der Waals surface area (Å²) >= 11 is 0. The van der Waals surface area contributed by atoms with Crippen molar-refractivity contribution in [1.29, 1.82) is 0 Å². The Morgan fingerprint density at radius 1 is 0.812 bits per heavy atom. The largest absolute Gasteiger partial charge is 0.309 e. The molecule has 0 saturated heterocycles. The molecule has 0 aliphatic carbocycles. The minimum atomic E-state index is 0.279. The Hall–Kier alpha value is -1.60. The summed E-state index contributed by atoms with van der Waals surface area (Å²) in [5, 5.41) is 3.35. The molecule has 1 nitrogen and oxygen atoms in total. The van der Waals surface area contributed by atoms with Crippen molar-refractivity contribution in [2.24, 2.45) is 0 Å². The maximum atomic E-state index is 3.35. The van der Waals surface area contributed by atoms with Crippen LogP contribution in [0.25, 0.3) is 0 Å². The minimum absolute atomic E-state index is 0.279. The van der Waals surface area contributed by atoms with Gasteiger partial charge >= 0.3 is 0 Å². The normalized spacial score (nSPS) is 12.4. The predicted octanol–water partition coefficient (Wildman–Crippen LogP) is 3.30. The molecule has 0 saturated carbocycles. The van der Waals surface area contributed by atoms with Crippen molar-refractivity contribution in [2.75, 3.05) is 7.05 Å². The first kappa shape index (κ1) is 10.9. The summed E-state index contributed by atoms with van der Waals surface area (Å²) in [6.07, 6.45) is 0. The lowest BCUT2D eigenvalue weighted by Crippen LogP contribution is -2.17. The average Bonchev–Trinajstić information content (AvgIpc) is 2.34. The molecule has 0 fully saturated rings. The van der Waals surface area contributed by atoms with Crippen molar-refractivity contribution in [1.82, 2.24) is 5.32 Å². The van der Waals surface area contributed by atoms with Crippen LogP contribution in [0.5, 0.6) is 0 Å². The zero-order valence-corrected chi connectivity index (χ0v) is 9.77. The molecular weight excluding hydrogens is 194 g/mol. The molecule has 82 valence electrons. The lowest BCUT2D eigenvalue weighted by molar-refractivity contribution is 0.692. The number of rotatable bonds is 3. The molecule has 0 radical (unpaired) electrons. The van der Waals surface area contributed by atoms with Crippen LogP contribution in [0, 0.1) is 6.92 Å².